The number of hydrogen-bond acceptors (Lipinski definition) is 3. The first-order chi connectivity index (χ1) is 20.1. The molecule has 1 aromatic rings. The highest BCUT2D eigenvalue weighted by Gasteiger charge is 2.68. The number of rotatable bonds is 4. The van der Waals surface area contributed by atoms with Gasteiger partial charge in [-0.3, -0.25) is 0 Å². The van der Waals surface area contributed by atoms with E-state index in [0.29, 0.717) is 40.3 Å². The van der Waals surface area contributed by atoms with Crippen LogP contribution in [-0.2, 0) is 4.74 Å². The maximum atomic E-state index is 12.4. The lowest BCUT2D eigenvalue weighted by Gasteiger charge is -2.71. The average molecular weight is 570 g/mol. The molecule has 0 amide bonds. The van der Waals surface area contributed by atoms with E-state index in [1.54, 1.807) is 11.1 Å². The normalized spacial score (nSPS) is 46.3. The molecule has 4 saturated carbocycles. The molecule has 1 aromatic carbocycles. The Morgan fingerprint density at radius 3 is 2.45 bits per heavy atom. The third-order valence-corrected chi connectivity index (χ3v) is 15.0. The summed E-state index contributed by atoms with van der Waals surface area (Å²) >= 11 is 0. The number of carbonyl (C=O) groups excluding carboxylic acids is 1. The van der Waals surface area contributed by atoms with E-state index in [1.165, 1.54) is 64.2 Å². The van der Waals surface area contributed by atoms with Crippen molar-refractivity contribution in [3.8, 4) is 0 Å². The summed E-state index contributed by atoms with van der Waals surface area (Å²) in [5.74, 6) is 4.07. The number of ether oxygens (including phenoxy) is 1. The summed E-state index contributed by atoms with van der Waals surface area (Å²) in [7, 11) is 0. The molecule has 6 aliphatic rings. The van der Waals surface area contributed by atoms with Crippen molar-refractivity contribution in [3.63, 3.8) is 0 Å². The second-order valence-electron chi connectivity index (χ2n) is 16.4. The van der Waals surface area contributed by atoms with Gasteiger partial charge in [0.2, 0.25) is 0 Å². The predicted octanol–water partition coefficient (Wildman–Crippen LogP) is 9.28. The average Bonchev–Trinajstić information content (AvgIpc) is 3.39. The van der Waals surface area contributed by atoms with E-state index in [9.17, 15) is 4.79 Å². The third kappa shape index (κ3) is 4.26. The van der Waals surface area contributed by atoms with E-state index < -0.39 is 0 Å². The van der Waals surface area contributed by atoms with Crippen LogP contribution >= 0.6 is 0 Å². The molecule has 9 unspecified atom stereocenters. The fourth-order valence-corrected chi connectivity index (χ4v) is 12.4. The van der Waals surface area contributed by atoms with Gasteiger partial charge < -0.3 is 10.5 Å². The van der Waals surface area contributed by atoms with E-state index in [-0.39, 0.29) is 11.5 Å². The molecule has 0 spiro atoms. The van der Waals surface area contributed by atoms with Crippen molar-refractivity contribution < 1.29 is 9.53 Å². The van der Waals surface area contributed by atoms with Gasteiger partial charge in [-0.15, -0.1) is 0 Å². The molecule has 0 bridgehead atoms. The lowest BCUT2D eigenvalue weighted by atomic mass is 9.34. The molecular formula is C39H55NO2. The predicted molar refractivity (Wildman–Crippen MR) is 171 cm³/mol. The molecule has 0 radical (unpaired) electrons. The fraction of sp³-hybridized carbons (Fsp3) is 0.718. The molecule has 0 saturated heterocycles. The van der Waals surface area contributed by atoms with Crippen molar-refractivity contribution in [2.24, 2.45) is 57.5 Å². The van der Waals surface area contributed by atoms with Crippen molar-refractivity contribution in [3.05, 3.63) is 59.2 Å². The highest BCUT2D eigenvalue weighted by molar-refractivity contribution is 5.89. The summed E-state index contributed by atoms with van der Waals surface area (Å²) in [6.07, 6.45) is 21.9. The summed E-state index contributed by atoms with van der Waals surface area (Å²) in [6.45, 7) is 11.2. The molecule has 0 heterocycles. The molecule has 10 atom stereocenters. The Labute approximate surface area is 255 Å². The van der Waals surface area contributed by atoms with Crippen LogP contribution in [0.5, 0.6) is 0 Å². The van der Waals surface area contributed by atoms with Gasteiger partial charge in [0.15, 0.2) is 0 Å². The summed E-state index contributed by atoms with van der Waals surface area (Å²) in [6, 6.07) is 9.39. The molecule has 6 aliphatic carbocycles. The van der Waals surface area contributed by atoms with Crippen molar-refractivity contribution in [2.75, 3.05) is 6.61 Å². The fourth-order valence-electron chi connectivity index (χ4n) is 12.4. The van der Waals surface area contributed by atoms with E-state index in [0.717, 1.165) is 42.9 Å². The Morgan fingerprint density at radius 2 is 1.69 bits per heavy atom. The summed E-state index contributed by atoms with van der Waals surface area (Å²) < 4.78 is 5.70. The van der Waals surface area contributed by atoms with Crippen LogP contribution in [0.2, 0.25) is 0 Å². The van der Waals surface area contributed by atoms with E-state index in [2.05, 4.69) is 39.8 Å². The van der Waals surface area contributed by atoms with Gasteiger partial charge in [0.25, 0.3) is 0 Å². The molecule has 228 valence electrons. The lowest BCUT2D eigenvalue weighted by molar-refractivity contribution is -0.210. The van der Waals surface area contributed by atoms with Gasteiger partial charge in [-0.25, -0.2) is 4.79 Å². The number of esters is 1. The molecule has 3 nitrogen and oxygen atoms in total. The first-order valence-electron chi connectivity index (χ1n) is 17.5. The topological polar surface area (TPSA) is 52.3 Å². The van der Waals surface area contributed by atoms with E-state index in [1.807, 2.05) is 30.3 Å². The second kappa shape index (κ2) is 10.4. The van der Waals surface area contributed by atoms with Crippen LogP contribution in [0.3, 0.4) is 0 Å². The molecule has 42 heavy (non-hydrogen) atoms. The van der Waals surface area contributed by atoms with Gasteiger partial charge in [-0.2, -0.15) is 0 Å². The van der Waals surface area contributed by atoms with Gasteiger partial charge in [-0.1, -0.05) is 64.5 Å². The van der Waals surface area contributed by atoms with Crippen molar-refractivity contribution in [2.45, 2.75) is 117 Å². The quantitative estimate of drug-likeness (QED) is 0.368. The van der Waals surface area contributed by atoms with Gasteiger partial charge in [0.05, 0.1) is 12.2 Å². The van der Waals surface area contributed by atoms with Crippen molar-refractivity contribution >= 4 is 5.97 Å². The standard InChI is InChI=1S/C39H55NO2/c1-26-30(28-14-12-27(13-15-28)25-42-35(41)29-9-6-5-7-10-29)18-21-36(2)31(26)19-22-38(4)34(36)17-16-32-33-11-8-20-39(33,40)24-23-37(32,38)3/h5-7,9-10,14,18,26-27,31-34H,8,11-13,15-17,19-25,40H2,1-4H3/t26?,27?,31?,32?,33?,34?,36?,37-,38?,39?/m1/s1. The molecule has 0 aliphatic heterocycles. The SMILES string of the molecule is CC1C(C2=CCC(COC(=O)c3ccccc3)CC2)=CCC2(C)C1CCC1(C)C2CCC2C3CCCC3(N)CC[C@]21C. The largest absolute Gasteiger partial charge is 0.462 e. The highest BCUT2D eigenvalue weighted by atomic mass is 16.5. The summed E-state index contributed by atoms with van der Waals surface area (Å²) in [5, 5.41) is 0. The molecule has 3 heteroatoms. The van der Waals surface area contributed by atoms with Crippen LogP contribution in [-0.4, -0.2) is 18.1 Å². The Morgan fingerprint density at radius 1 is 0.881 bits per heavy atom. The Bertz CT molecular complexity index is 1270. The zero-order valence-corrected chi connectivity index (χ0v) is 26.8. The lowest BCUT2D eigenvalue weighted by Crippen LogP contribution is -2.66. The van der Waals surface area contributed by atoms with Crippen LogP contribution < -0.4 is 5.73 Å². The van der Waals surface area contributed by atoms with Crippen molar-refractivity contribution in [1.82, 2.24) is 0 Å². The molecular weight excluding hydrogens is 514 g/mol. The Hall–Kier alpha value is -1.87. The van der Waals surface area contributed by atoms with Crippen molar-refractivity contribution in [1.29, 1.82) is 0 Å². The maximum Gasteiger partial charge on any atom is 0.338 e. The first-order valence-corrected chi connectivity index (χ1v) is 17.5. The van der Waals surface area contributed by atoms with Crippen LogP contribution in [0.25, 0.3) is 0 Å². The summed E-state index contributed by atoms with van der Waals surface area (Å²) in [5.41, 5.74) is 12.4. The highest BCUT2D eigenvalue weighted by Crippen LogP contribution is 2.74. The van der Waals surface area contributed by atoms with Gasteiger partial charge in [-0.05, 0) is 152 Å². The van der Waals surface area contributed by atoms with E-state index >= 15 is 0 Å². The monoisotopic (exact) mass is 569 g/mol. The zero-order valence-electron chi connectivity index (χ0n) is 26.8. The van der Waals surface area contributed by atoms with Crippen LogP contribution in [0, 0.1) is 51.8 Å². The molecule has 0 aromatic heterocycles. The third-order valence-electron chi connectivity index (χ3n) is 15.0. The second-order valence-corrected chi connectivity index (χ2v) is 16.4. The van der Waals surface area contributed by atoms with Gasteiger partial charge >= 0.3 is 5.97 Å². The van der Waals surface area contributed by atoms with Crippen LogP contribution in [0.15, 0.2) is 53.6 Å². The van der Waals surface area contributed by atoms with E-state index in [4.69, 9.17) is 10.5 Å². The minimum atomic E-state index is -0.195. The van der Waals surface area contributed by atoms with Gasteiger partial charge in [0, 0.05) is 5.54 Å². The minimum absolute atomic E-state index is 0.141. The van der Waals surface area contributed by atoms with Crippen LogP contribution in [0.4, 0.5) is 0 Å². The number of allylic oxidation sites excluding steroid dienone is 4. The minimum Gasteiger partial charge on any atom is -0.462 e. The van der Waals surface area contributed by atoms with Gasteiger partial charge in [0.1, 0.15) is 0 Å². The Balaban J connectivity index is 1.05. The number of carbonyl (C=O) groups is 1. The number of hydrogen-bond donors (Lipinski definition) is 1. The Kier molecular flexibility index (Phi) is 7.12. The molecule has 7 rings (SSSR count). The number of benzene rings is 1. The summed E-state index contributed by atoms with van der Waals surface area (Å²) in [4.78, 5) is 12.4. The molecule has 4 fully saturated rings. The smallest absolute Gasteiger partial charge is 0.338 e. The zero-order chi connectivity index (χ0) is 29.3. The number of fused-ring (bicyclic) bond motifs is 7. The molecule has 2 N–H and O–H groups in total. The van der Waals surface area contributed by atoms with Crippen LogP contribution in [0.1, 0.15) is 122 Å². The first kappa shape index (κ1) is 28.9. The number of nitrogens with two attached hydrogens (primary N) is 1. The maximum absolute atomic E-state index is 12.4.